The number of fused-ring (bicyclic) bond motifs is 1. The number of nitrogens with zero attached hydrogens (tertiary/aromatic N) is 4. The van der Waals surface area contributed by atoms with Crippen LogP contribution in [0.5, 0.6) is 0 Å². The van der Waals surface area contributed by atoms with Crippen LogP contribution in [0.1, 0.15) is 15.9 Å². The van der Waals surface area contributed by atoms with Gasteiger partial charge in [0.2, 0.25) is 0 Å². The second-order valence-electron chi connectivity index (χ2n) is 4.80. The number of rotatable bonds is 5. The quantitative estimate of drug-likeness (QED) is 0.519. The molecule has 0 aliphatic rings. The van der Waals surface area contributed by atoms with E-state index >= 15 is 0 Å². The average Bonchev–Trinajstić information content (AvgIpc) is 3.01. The van der Waals surface area contributed by atoms with Gasteiger partial charge in [0, 0.05) is 16.6 Å². The highest BCUT2D eigenvalue weighted by atomic mass is 35.5. The standard InChI is InChI=1S/C14H12Cl2N6OS/c1-24-14-20-12(10(11(17)23)13-21-19-6-22(13)14)18-5-7-2-3-8(15)4-9(7)16/h2-4,6,18H,5H2,1H3,(H2,17,23). The first-order chi connectivity index (χ1) is 11.5. The fraction of sp³-hybridized carbons (Fsp3) is 0.143. The Kier molecular flexibility index (Phi) is 4.79. The highest BCUT2D eigenvalue weighted by molar-refractivity contribution is 7.98. The maximum absolute atomic E-state index is 11.9. The van der Waals surface area contributed by atoms with E-state index in [1.165, 1.54) is 18.1 Å². The predicted octanol–water partition coefficient (Wildman–Crippen LogP) is 2.86. The lowest BCUT2D eigenvalue weighted by Crippen LogP contribution is -2.18. The molecule has 0 radical (unpaired) electrons. The van der Waals surface area contributed by atoms with E-state index in [0.29, 0.717) is 33.2 Å². The third kappa shape index (κ3) is 3.12. The van der Waals surface area contributed by atoms with E-state index in [2.05, 4.69) is 20.5 Å². The summed E-state index contributed by atoms with van der Waals surface area (Å²) in [5.74, 6) is -0.309. The number of halogens is 2. The van der Waals surface area contributed by atoms with Crippen LogP contribution in [0.4, 0.5) is 5.82 Å². The van der Waals surface area contributed by atoms with E-state index in [4.69, 9.17) is 28.9 Å². The van der Waals surface area contributed by atoms with Crippen LogP contribution in [-0.4, -0.2) is 31.7 Å². The monoisotopic (exact) mass is 382 g/mol. The lowest BCUT2D eigenvalue weighted by atomic mass is 10.2. The van der Waals surface area contributed by atoms with Gasteiger partial charge in [0.25, 0.3) is 5.91 Å². The van der Waals surface area contributed by atoms with Crippen molar-refractivity contribution in [1.29, 1.82) is 0 Å². The number of hydrogen-bond acceptors (Lipinski definition) is 6. The minimum atomic E-state index is -0.641. The number of nitrogens with two attached hydrogens (primary N) is 1. The van der Waals surface area contributed by atoms with Crippen molar-refractivity contribution in [2.45, 2.75) is 11.7 Å². The van der Waals surface area contributed by atoms with Crippen LogP contribution in [0.3, 0.4) is 0 Å². The molecular formula is C14H12Cl2N6OS. The van der Waals surface area contributed by atoms with E-state index in [-0.39, 0.29) is 5.56 Å². The molecule has 0 aliphatic heterocycles. The number of anilines is 1. The van der Waals surface area contributed by atoms with Gasteiger partial charge in [-0.3, -0.25) is 9.20 Å². The fourth-order valence-corrected chi connectivity index (χ4v) is 3.19. The minimum Gasteiger partial charge on any atom is -0.365 e. The Balaban J connectivity index is 2.01. The largest absolute Gasteiger partial charge is 0.365 e. The molecule has 0 saturated carbocycles. The van der Waals surface area contributed by atoms with Gasteiger partial charge in [0.1, 0.15) is 17.7 Å². The van der Waals surface area contributed by atoms with Crippen LogP contribution in [0.25, 0.3) is 5.65 Å². The molecule has 0 aliphatic carbocycles. The molecule has 3 N–H and O–H groups in total. The molecule has 0 unspecified atom stereocenters. The van der Waals surface area contributed by atoms with Gasteiger partial charge < -0.3 is 11.1 Å². The maximum atomic E-state index is 11.9. The summed E-state index contributed by atoms with van der Waals surface area (Å²) >= 11 is 13.5. The summed E-state index contributed by atoms with van der Waals surface area (Å²) in [6.07, 6.45) is 3.35. The van der Waals surface area contributed by atoms with Crippen molar-refractivity contribution in [3.05, 3.63) is 45.7 Å². The molecular weight excluding hydrogens is 371 g/mol. The molecule has 3 aromatic rings. The zero-order chi connectivity index (χ0) is 17.3. The molecule has 7 nitrogen and oxygen atoms in total. The van der Waals surface area contributed by atoms with Gasteiger partial charge >= 0.3 is 0 Å². The first-order valence-corrected chi connectivity index (χ1v) is 8.74. The van der Waals surface area contributed by atoms with Crippen molar-refractivity contribution in [1.82, 2.24) is 19.6 Å². The van der Waals surface area contributed by atoms with E-state index in [0.717, 1.165) is 5.56 Å². The molecule has 0 atom stereocenters. The van der Waals surface area contributed by atoms with Crippen molar-refractivity contribution in [2.75, 3.05) is 11.6 Å². The molecule has 1 aromatic carbocycles. The van der Waals surface area contributed by atoms with Gasteiger partial charge in [-0.2, -0.15) is 0 Å². The van der Waals surface area contributed by atoms with Crippen molar-refractivity contribution in [3.63, 3.8) is 0 Å². The Hall–Kier alpha value is -2.03. The molecule has 0 spiro atoms. The van der Waals surface area contributed by atoms with Crippen LogP contribution >= 0.6 is 35.0 Å². The predicted molar refractivity (Wildman–Crippen MR) is 94.9 cm³/mol. The summed E-state index contributed by atoms with van der Waals surface area (Å²) < 4.78 is 1.62. The third-order valence-corrected chi connectivity index (χ3v) is 4.55. The Morgan fingerprint density at radius 3 is 2.88 bits per heavy atom. The van der Waals surface area contributed by atoms with Crippen molar-refractivity contribution in [3.8, 4) is 0 Å². The molecule has 2 heterocycles. The molecule has 0 bridgehead atoms. The fourth-order valence-electron chi connectivity index (χ4n) is 2.20. The van der Waals surface area contributed by atoms with Crippen LogP contribution in [-0.2, 0) is 6.54 Å². The topological polar surface area (TPSA) is 98.2 Å². The molecule has 124 valence electrons. The van der Waals surface area contributed by atoms with E-state index in [9.17, 15) is 4.79 Å². The number of hydrogen-bond donors (Lipinski definition) is 2. The number of carbonyl (C=O) groups is 1. The number of carbonyl (C=O) groups excluding carboxylic acids is 1. The highest BCUT2D eigenvalue weighted by Gasteiger charge is 2.20. The van der Waals surface area contributed by atoms with E-state index < -0.39 is 5.91 Å². The van der Waals surface area contributed by atoms with Crippen molar-refractivity contribution in [2.24, 2.45) is 5.73 Å². The molecule has 2 aromatic heterocycles. The Morgan fingerprint density at radius 1 is 1.42 bits per heavy atom. The number of benzene rings is 1. The van der Waals surface area contributed by atoms with Gasteiger partial charge in [0.15, 0.2) is 10.8 Å². The lowest BCUT2D eigenvalue weighted by Gasteiger charge is -2.13. The number of thioether (sulfide) groups is 1. The third-order valence-electron chi connectivity index (χ3n) is 3.31. The van der Waals surface area contributed by atoms with Crippen LogP contribution in [0.15, 0.2) is 29.7 Å². The summed E-state index contributed by atoms with van der Waals surface area (Å²) in [5.41, 5.74) is 6.84. The molecule has 0 saturated heterocycles. The van der Waals surface area contributed by atoms with Gasteiger partial charge in [-0.1, -0.05) is 41.0 Å². The average molecular weight is 383 g/mol. The first-order valence-electron chi connectivity index (χ1n) is 6.76. The number of nitrogens with one attached hydrogen (secondary N) is 1. The van der Waals surface area contributed by atoms with Crippen molar-refractivity contribution >= 4 is 52.3 Å². The number of amides is 1. The van der Waals surface area contributed by atoms with Crippen LogP contribution in [0.2, 0.25) is 10.0 Å². The Morgan fingerprint density at radius 2 is 2.21 bits per heavy atom. The Labute approximate surface area is 151 Å². The zero-order valence-electron chi connectivity index (χ0n) is 12.5. The molecule has 1 amide bonds. The van der Waals surface area contributed by atoms with Crippen LogP contribution < -0.4 is 11.1 Å². The second kappa shape index (κ2) is 6.84. The summed E-state index contributed by atoms with van der Waals surface area (Å²) in [7, 11) is 0. The minimum absolute atomic E-state index is 0.176. The smallest absolute Gasteiger partial charge is 0.256 e. The molecule has 24 heavy (non-hydrogen) atoms. The highest BCUT2D eigenvalue weighted by Crippen LogP contribution is 2.25. The second-order valence-corrected chi connectivity index (χ2v) is 6.42. The summed E-state index contributed by atoms with van der Waals surface area (Å²) in [6.45, 7) is 0.349. The van der Waals surface area contributed by atoms with Gasteiger partial charge in [-0.15, -0.1) is 10.2 Å². The maximum Gasteiger partial charge on any atom is 0.256 e. The molecule has 0 fully saturated rings. The lowest BCUT2D eigenvalue weighted by molar-refractivity contribution is 0.100. The SMILES string of the molecule is CSc1nc(NCc2ccc(Cl)cc2Cl)c(C(N)=O)c2nncn12. The molecule has 10 heteroatoms. The first kappa shape index (κ1) is 16.8. The van der Waals surface area contributed by atoms with Gasteiger partial charge in [-0.25, -0.2) is 4.98 Å². The summed E-state index contributed by atoms with van der Waals surface area (Å²) in [5, 5.41) is 12.6. The summed E-state index contributed by atoms with van der Waals surface area (Å²) in [6, 6.07) is 5.19. The normalized spacial score (nSPS) is 11.0. The van der Waals surface area contributed by atoms with Crippen LogP contribution in [0, 0.1) is 0 Å². The van der Waals surface area contributed by atoms with E-state index in [1.807, 2.05) is 6.26 Å². The van der Waals surface area contributed by atoms with Crippen molar-refractivity contribution < 1.29 is 4.79 Å². The van der Waals surface area contributed by atoms with E-state index in [1.54, 1.807) is 22.6 Å². The Bertz CT molecular complexity index is 929. The number of primary amides is 1. The summed E-state index contributed by atoms with van der Waals surface area (Å²) in [4.78, 5) is 16.3. The number of aromatic nitrogens is 4. The molecule has 3 rings (SSSR count). The van der Waals surface area contributed by atoms with Gasteiger partial charge in [0.05, 0.1) is 0 Å². The zero-order valence-corrected chi connectivity index (χ0v) is 14.8. The van der Waals surface area contributed by atoms with Gasteiger partial charge in [-0.05, 0) is 24.0 Å².